The number of rotatable bonds is 5. The van der Waals surface area contributed by atoms with E-state index in [1.807, 2.05) is 31.2 Å². The SMILES string of the molecule is COc1ccc([N+](=O)[O-])cc1C(=O)N(C)[C@H](C)c1nc2ccccc2s1. The van der Waals surface area contributed by atoms with Crippen molar-refractivity contribution in [3.05, 3.63) is 63.1 Å². The number of non-ortho nitro benzene ring substituents is 1. The summed E-state index contributed by atoms with van der Waals surface area (Å²) in [5.41, 5.74) is 0.875. The fraction of sp³-hybridized carbons (Fsp3) is 0.222. The van der Waals surface area contributed by atoms with Gasteiger partial charge in [0.2, 0.25) is 0 Å². The fourth-order valence-electron chi connectivity index (χ4n) is 2.58. The van der Waals surface area contributed by atoms with Gasteiger partial charge in [-0.05, 0) is 25.1 Å². The number of carbonyl (C=O) groups is 1. The van der Waals surface area contributed by atoms with Crippen molar-refractivity contribution in [1.82, 2.24) is 9.88 Å². The second-order valence-corrected chi connectivity index (χ2v) is 6.82. The number of aromatic nitrogens is 1. The van der Waals surface area contributed by atoms with Crippen molar-refractivity contribution in [2.45, 2.75) is 13.0 Å². The maximum Gasteiger partial charge on any atom is 0.270 e. The summed E-state index contributed by atoms with van der Waals surface area (Å²) < 4.78 is 6.25. The molecule has 1 aromatic heterocycles. The smallest absolute Gasteiger partial charge is 0.270 e. The normalized spacial score (nSPS) is 12.0. The number of amides is 1. The lowest BCUT2D eigenvalue weighted by Crippen LogP contribution is -2.30. The molecule has 0 radical (unpaired) electrons. The van der Waals surface area contributed by atoms with E-state index in [0.29, 0.717) is 5.75 Å². The lowest BCUT2D eigenvalue weighted by Gasteiger charge is -2.24. The molecule has 0 aliphatic rings. The van der Waals surface area contributed by atoms with Crippen LogP contribution in [-0.2, 0) is 0 Å². The molecular formula is C18H17N3O4S. The van der Waals surface area contributed by atoms with Gasteiger partial charge in [0.05, 0.1) is 33.9 Å². The van der Waals surface area contributed by atoms with Crippen LogP contribution < -0.4 is 4.74 Å². The number of nitro benzene ring substituents is 1. The molecule has 0 saturated heterocycles. The van der Waals surface area contributed by atoms with Crippen LogP contribution in [0.1, 0.15) is 28.3 Å². The first-order valence-corrected chi connectivity index (χ1v) is 8.69. The molecular weight excluding hydrogens is 354 g/mol. The summed E-state index contributed by atoms with van der Waals surface area (Å²) in [6.45, 7) is 1.87. The highest BCUT2D eigenvalue weighted by molar-refractivity contribution is 7.18. The molecule has 0 N–H and O–H groups in total. The molecule has 134 valence electrons. The zero-order valence-electron chi connectivity index (χ0n) is 14.5. The third-order valence-corrected chi connectivity index (χ3v) is 5.40. The molecule has 0 unspecified atom stereocenters. The van der Waals surface area contributed by atoms with Crippen LogP contribution in [0.5, 0.6) is 5.75 Å². The predicted octanol–water partition coefficient (Wildman–Crippen LogP) is 4.05. The lowest BCUT2D eigenvalue weighted by atomic mass is 10.1. The van der Waals surface area contributed by atoms with Gasteiger partial charge < -0.3 is 9.64 Å². The zero-order valence-corrected chi connectivity index (χ0v) is 15.3. The molecule has 3 aromatic rings. The van der Waals surface area contributed by atoms with E-state index in [0.717, 1.165) is 15.2 Å². The fourth-order valence-corrected chi connectivity index (χ4v) is 3.64. The number of methoxy groups -OCH3 is 1. The minimum atomic E-state index is -0.535. The number of hydrogen-bond donors (Lipinski definition) is 0. The van der Waals surface area contributed by atoms with Gasteiger partial charge in [-0.3, -0.25) is 14.9 Å². The predicted molar refractivity (Wildman–Crippen MR) is 99.8 cm³/mol. The molecule has 0 fully saturated rings. The first-order chi connectivity index (χ1) is 12.4. The van der Waals surface area contributed by atoms with E-state index in [4.69, 9.17) is 4.74 Å². The van der Waals surface area contributed by atoms with Gasteiger partial charge in [0.1, 0.15) is 10.8 Å². The average molecular weight is 371 g/mol. The van der Waals surface area contributed by atoms with E-state index in [-0.39, 0.29) is 23.2 Å². The number of fused-ring (bicyclic) bond motifs is 1. The molecule has 8 heteroatoms. The topological polar surface area (TPSA) is 85.6 Å². The summed E-state index contributed by atoms with van der Waals surface area (Å²) in [5, 5.41) is 11.8. The number of nitro groups is 1. The Morgan fingerprint density at radius 3 is 2.69 bits per heavy atom. The number of carbonyl (C=O) groups excluding carboxylic acids is 1. The summed E-state index contributed by atoms with van der Waals surface area (Å²) in [7, 11) is 3.08. The van der Waals surface area contributed by atoms with Crippen molar-refractivity contribution in [2.75, 3.05) is 14.2 Å². The van der Waals surface area contributed by atoms with Crippen LogP contribution in [-0.4, -0.2) is 34.9 Å². The van der Waals surface area contributed by atoms with Crippen molar-refractivity contribution >= 4 is 33.1 Å². The highest BCUT2D eigenvalue weighted by Gasteiger charge is 2.25. The summed E-state index contributed by atoms with van der Waals surface area (Å²) in [6, 6.07) is 11.5. The number of thiazole rings is 1. The zero-order chi connectivity index (χ0) is 18.8. The van der Waals surface area contributed by atoms with E-state index in [1.165, 1.54) is 41.5 Å². The van der Waals surface area contributed by atoms with Gasteiger partial charge in [0.15, 0.2) is 0 Å². The van der Waals surface area contributed by atoms with Crippen molar-refractivity contribution in [2.24, 2.45) is 0 Å². The molecule has 1 amide bonds. The van der Waals surface area contributed by atoms with Gasteiger partial charge in [-0.2, -0.15) is 0 Å². The van der Waals surface area contributed by atoms with E-state index >= 15 is 0 Å². The summed E-state index contributed by atoms with van der Waals surface area (Å²) in [4.78, 5) is 29.5. The molecule has 26 heavy (non-hydrogen) atoms. The molecule has 0 spiro atoms. The molecule has 0 bridgehead atoms. The Labute approximate surface area is 154 Å². The average Bonchev–Trinajstić information content (AvgIpc) is 3.09. The Kier molecular flexibility index (Phi) is 4.85. The molecule has 0 aliphatic heterocycles. The highest BCUT2D eigenvalue weighted by Crippen LogP contribution is 2.31. The van der Waals surface area contributed by atoms with Crippen molar-refractivity contribution in [3.63, 3.8) is 0 Å². The number of benzene rings is 2. The van der Waals surface area contributed by atoms with E-state index < -0.39 is 4.92 Å². The van der Waals surface area contributed by atoms with Crippen molar-refractivity contribution in [3.8, 4) is 5.75 Å². The second-order valence-electron chi connectivity index (χ2n) is 5.75. The third-order valence-electron chi connectivity index (χ3n) is 4.19. The second kappa shape index (κ2) is 7.09. The van der Waals surface area contributed by atoms with Gasteiger partial charge in [0.25, 0.3) is 11.6 Å². The van der Waals surface area contributed by atoms with Crippen LogP contribution in [0.4, 0.5) is 5.69 Å². The Morgan fingerprint density at radius 2 is 2.04 bits per heavy atom. The standard InChI is InChI=1S/C18H17N3O4S/c1-11(17-19-14-6-4-5-7-16(14)26-17)20(2)18(22)13-10-12(21(23)24)8-9-15(13)25-3/h4-11H,1-3H3/t11-/m1/s1. The van der Waals surface area contributed by atoms with E-state index in [1.54, 1.807) is 7.05 Å². The van der Waals surface area contributed by atoms with Crippen molar-refractivity contribution in [1.29, 1.82) is 0 Å². The van der Waals surface area contributed by atoms with Gasteiger partial charge in [-0.25, -0.2) is 4.98 Å². The van der Waals surface area contributed by atoms with Crippen LogP contribution in [0.3, 0.4) is 0 Å². The van der Waals surface area contributed by atoms with Gasteiger partial charge in [-0.1, -0.05) is 12.1 Å². The van der Waals surface area contributed by atoms with Crippen LogP contribution in [0.15, 0.2) is 42.5 Å². The summed E-state index contributed by atoms with van der Waals surface area (Å²) in [5.74, 6) is -0.0683. The lowest BCUT2D eigenvalue weighted by molar-refractivity contribution is -0.384. The minimum Gasteiger partial charge on any atom is -0.496 e. The first kappa shape index (κ1) is 17.8. The summed E-state index contributed by atoms with van der Waals surface area (Å²) in [6.07, 6.45) is 0. The summed E-state index contributed by atoms with van der Waals surface area (Å²) >= 11 is 1.52. The number of para-hydroxylation sites is 1. The molecule has 0 saturated carbocycles. The number of hydrogen-bond acceptors (Lipinski definition) is 6. The third kappa shape index (κ3) is 3.23. The minimum absolute atomic E-state index is 0.150. The van der Waals surface area contributed by atoms with E-state index in [9.17, 15) is 14.9 Å². The highest BCUT2D eigenvalue weighted by atomic mass is 32.1. The Hall–Kier alpha value is -3.00. The Morgan fingerprint density at radius 1 is 1.31 bits per heavy atom. The van der Waals surface area contributed by atoms with Crippen LogP contribution >= 0.6 is 11.3 Å². The number of nitrogens with zero attached hydrogens (tertiary/aromatic N) is 3. The van der Waals surface area contributed by atoms with Crippen LogP contribution in [0.25, 0.3) is 10.2 Å². The molecule has 3 rings (SSSR count). The largest absolute Gasteiger partial charge is 0.496 e. The monoisotopic (exact) mass is 371 g/mol. The maximum atomic E-state index is 12.9. The Balaban J connectivity index is 1.93. The quantitative estimate of drug-likeness (QED) is 0.499. The molecule has 2 aromatic carbocycles. The van der Waals surface area contributed by atoms with Crippen LogP contribution in [0.2, 0.25) is 0 Å². The van der Waals surface area contributed by atoms with Gasteiger partial charge in [0, 0.05) is 19.2 Å². The van der Waals surface area contributed by atoms with Gasteiger partial charge in [-0.15, -0.1) is 11.3 Å². The molecule has 7 nitrogen and oxygen atoms in total. The van der Waals surface area contributed by atoms with E-state index in [2.05, 4.69) is 4.98 Å². The molecule has 1 heterocycles. The molecule has 0 aliphatic carbocycles. The van der Waals surface area contributed by atoms with Crippen LogP contribution in [0, 0.1) is 10.1 Å². The molecule has 1 atom stereocenters. The maximum absolute atomic E-state index is 12.9. The first-order valence-electron chi connectivity index (χ1n) is 7.87. The van der Waals surface area contributed by atoms with Gasteiger partial charge >= 0.3 is 0 Å². The Bertz CT molecular complexity index is 952. The van der Waals surface area contributed by atoms with Crippen molar-refractivity contribution < 1.29 is 14.5 Å². The number of ether oxygens (including phenoxy) is 1.